The molecule has 0 aliphatic rings. The molecule has 0 fully saturated rings. The van der Waals surface area contributed by atoms with Crippen LogP contribution in [0, 0.1) is 13.8 Å². The molecule has 28 heavy (non-hydrogen) atoms. The van der Waals surface area contributed by atoms with Crippen LogP contribution in [-0.2, 0) is 0 Å². The monoisotopic (exact) mass is 398 g/mol. The Bertz CT molecular complexity index is 889. The fraction of sp³-hybridized carbons (Fsp3) is 0.381. The number of aromatic nitrogens is 4. The zero-order chi connectivity index (χ0) is 20.1. The van der Waals surface area contributed by atoms with Crippen LogP contribution in [0.3, 0.4) is 0 Å². The first-order valence-electron chi connectivity index (χ1n) is 9.33. The highest BCUT2D eigenvalue weighted by Gasteiger charge is 2.13. The fourth-order valence-corrected chi connectivity index (χ4v) is 3.66. The molecule has 0 radical (unpaired) electrons. The van der Waals surface area contributed by atoms with Crippen LogP contribution in [0.25, 0.3) is 5.69 Å². The summed E-state index contributed by atoms with van der Waals surface area (Å²) < 4.78 is 7.41. The minimum absolute atomic E-state index is 0.223. The SMILES string of the molecule is Cc1cc(C)cc(OC[C@H](O)CSc2nnnn2-c2ccc(C(C)C)cc2)c1. The molecular formula is C21H26N4O2S. The van der Waals surface area contributed by atoms with E-state index in [1.165, 1.54) is 17.3 Å². The third-order valence-electron chi connectivity index (χ3n) is 4.29. The molecule has 0 saturated carbocycles. The molecule has 0 amide bonds. The lowest BCUT2D eigenvalue weighted by molar-refractivity contribution is 0.126. The van der Waals surface area contributed by atoms with Gasteiger partial charge in [-0.25, -0.2) is 0 Å². The zero-order valence-electron chi connectivity index (χ0n) is 16.7. The van der Waals surface area contributed by atoms with Crippen molar-refractivity contribution in [2.45, 2.75) is 44.9 Å². The number of hydrogen-bond acceptors (Lipinski definition) is 6. The summed E-state index contributed by atoms with van der Waals surface area (Å²) in [5, 5.41) is 22.9. The largest absolute Gasteiger partial charge is 0.491 e. The summed E-state index contributed by atoms with van der Waals surface area (Å²) in [6, 6.07) is 14.2. The van der Waals surface area contributed by atoms with E-state index in [2.05, 4.69) is 47.6 Å². The van der Waals surface area contributed by atoms with Crippen LogP contribution in [0.15, 0.2) is 47.6 Å². The van der Waals surface area contributed by atoms with Crippen molar-refractivity contribution in [3.8, 4) is 11.4 Å². The summed E-state index contributed by atoms with van der Waals surface area (Å²) in [7, 11) is 0. The molecule has 0 bridgehead atoms. The van der Waals surface area contributed by atoms with E-state index in [1.807, 2.05) is 38.1 Å². The molecule has 0 aliphatic carbocycles. The first-order chi connectivity index (χ1) is 13.4. The van der Waals surface area contributed by atoms with E-state index in [0.29, 0.717) is 16.8 Å². The average molecular weight is 399 g/mol. The number of tetrazole rings is 1. The van der Waals surface area contributed by atoms with Gasteiger partial charge in [-0.1, -0.05) is 43.8 Å². The van der Waals surface area contributed by atoms with E-state index in [4.69, 9.17) is 4.74 Å². The molecule has 0 saturated heterocycles. The van der Waals surface area contributed by atoms with Gasteiger partial charge in [-0.2, -0.15) is 4.68 Å². The number of aliphatic hydroxyl groups is 1. The van der Waals surface area contributed by atoms with E-state index in [9.17, 15) is 5.11 Å². The van der Waals surface area contributed by atoms with Gasteiger partial charge < -0.3 is 9.84 Å². The van der Waals surface area contributed by atoms with Crippen molar-refractivity contribution in [3.05, 3.63) is 59.2 Å². The average Bonchev–Trinajstić information content (AvgIpc) is 3.12. The van der Waals surface area contributed by atoms with Crippen LogP contribution >= 0.6 is 11.8 Å². The van der Waals surface area contributed by atoms with Crippen molar-refractivity contribution in [3.63, 3.8) is 0 Å². The molecule has 1 N–H and O–H groups in total. The smallest absolute Gasteiger partial charge is 0.214 e. The number of benzene rings is 2. The van der Waals surface area contributed by atoms with Crippen LogP contribution in [0.1, 0.15) is 36.5 Å². The minimum atomic E-state index is -0.626. The predicted molar refractivity (Wildman–Crippen MR) is 111 cm³/mol. The minimum Gasteiger partial charge on any atom is -0.491 e. The van der Waals surface area contributed by atoms with Crippen LogP contribution in [0.4, 0.5) is 0 Å². The Kier molecular flexibility index (Phi) is 6.70. The van der Waals surface area contributed by atoms with Gasteiger partial charge >= 0.3 is 0 Å². The van der Waals surface area contributed by atoms with E-state index < -0.39 is 6.10 Å². The molecule has 3 rings (SSSR count). The highest BCUT2D eigenvalue weighted by molar-refractivity contribution is 7.99. The van der Waals surface area contributed by atoms with E-state index in [0.717, 1.165) is 22.6 Å². The standard InChI is InChI=1S/C21H26N4O2S/c1-14(2)17-5-7-18(8-6-17)25-21(22-23-24-25)28-13-19(26)12-27-20-10-15(3)9-16(4)11-20/h5-11,14,19,26H,12-13H2,1-4H3/t19-/m0/s1. The van der Waals surface area contributed by atoms with Crippen molar-refractivity contribution in [2.75, 3.05) is 12.4 Å². The van der Waals surface area contributed by atoms with Crippen LogP contribution in [0.2, 0.25) is 0 Å². The van der Waals surface area contributed by atoms with Gasteiger partial charge in [0.05, 0.1) is 11.8 Å². The molecule has 0 unspecified atom stereocenters. The van der Waals surface area contributed by atoms with E-state index >= 15 is 0 Å². The summed E-state index contributed by atoms with van der Waals surface area (Å²) in [4.78, 5) is 0. The molecule has 3 aromatic rings. The van der Waals surface area contributed by atoms with Gasteiger partial charge in [0.15, 0.2) is 0 Å². The van der Waals surface area contributed by atoms with Crippen molar-refractivity contribution in [1.29, 1.82) is 0 Å². The Balaban J connectivity index is 1.57. The van der Waals surface area contributed by atoms with Crippen molar-refractivity contribution < 1.29 is 9.84 Å². The fourth-order valence-electron chi connectivity index (χ4n) is 2.86. The van der Waals surface area contributed by atoms with Gasteiger partial charge in [0.1, 0.15) is 12.4 Å². The quantitative estimate of drug-likeness (QED) is 0.580. The molecule has 2 aromatic carbocycles. The molecule has 0 aliphatic heterocycles. The second-order valence-corrected chi connectivity index (χ2v) is 8.21. The predicted octanol–water partition coefficient (Wildman–Crippen LogP) is 3.93. The molecule has 148 valence electrons. The van der Waals surface area contributed by atoms with Crippen LogP contribution in [-0.4, -0.2) is 43.8 Å². The number of ether oxygens (including phenoxy) is 1. The summed E-state index contributed by atoms with van der Waals surface area (Å²) in [6.45, 7) is 8.60. The molecule has 6 nitrogen and oxygen atoms in total. The summed E-state index contributed by atoms with van der Waals surface area (Å²) in [5.41, 5.74) is 4.45. The van der Waals surface area contributed by atoms with E-state index in [1.54, 1.807) is 4.68 Å². The van der Waals surface area contributed by atoms with Crippen LogP contribution in [0.5, 0.6) is 5.75 Å². The normalized spacial score (nSPS) is 12.4. The Morgan fingerprint density at radius 1 is 1.07 bits per heavy atom. The lowest BCUT2D eigenvalue weighted by Crippen LogP contribution is -2.20. The third kappa shape index (κ3) is 5.33. The number of thioether (sulfide) groups is 1. The van der Waals surface area contributed by atoms with Gasteiger partial charge in [-0.3, -0.25) is 0 Å². The Labute approximate surface area is 169 Å². The maximum Gasteiger partial charge on any atom is 0.214 e. The third-order valence-corrected chi connectivity index (χ3v) is 5.35. The number of aryl methyl sites for hydroxylation is 2. The molecular weight excluding hydrogens is 372 g/mol. The Hall–Kier alpha value is -2.38. The molecule has 1 aromatic heterocycles. The highest BCUT2D eigenvalue weighted by atomic mass is 32.2. The zero-order valence-corrected chi connectivity index (χ0v) is 17.5. The van der Waals surface area contributed by atoms with Gasteiger partial charge in [0.2, 0.25) is 5.16 Å². The molecule has 1 atom stereocenters. The molecule has 7 heteroatoms. The van der Waals surface area contributed by atoms with Crippen molar-refractivity contribution in [2.24, 2.45) is 0 Å². The van der Waals surface area contributed by atoms with Gasteiger partial charge in [-0.15, -0.1) is 5.10 Å². The molecule has 1 heterocycles. The number of aliphatic hydroxyl groups excluding tert-OH is 1. The first-order valence-corrected chi connectivity index (χ1v) is 10.3. The maximum absolute atomic E-state index is 10.3. The lowest BCUT2D eigenvalue weighted by atomic mass is 10.0. The lowest BCUT2D eigenvalue weighted by Gasteiger charge is -2.13. The Morgan fingerprint density at radius 3 is 2.39 bits per heavy atom. The topological polar surface area (TPSA) is 73.1 Å². The van der Waals surface area contributed by atoms with Gasteiger partial charge in [0, 0.05) is 5.75 Å². The number of nitrogens with zero attached hydrogens (tertiary/aromatic N) is 4. The van der Waals surface area contributed by atoms with Crippen molar-refractivity contribution >= 4 is 11.8 Å². The maximum atomic E-state index is 10.3. The van der Waals surface area contributed by atoms with Crippen molar-refractivity contribution in [1.82, 2.24) is 20.2 Å². The second kappa shape index (κ2) is 9.21. The number of rotatable bonds is 8. The first kappa shape index (κ1) is 20.4. The van der Waals surface area contributed by atoms with Gasteiger partial charge in [-0.05, 0) is 71.1 Å². The summed E-state index contributed by atoms with van der Waals surface area (Å²) in [5.74, 6) is 1.69. The second-order valence-electron chi connectivity index (χ2n) is 7.22. The molecule has 0 spiro atoms. The summed E-state index contributed by atoms with van der Waals surface area (Å²) >= 11 is 1.41. The van der Waals surface area contributed by atoms with Gasteiger partial charge in [0.25, 0.3) is 0 Å². The highest BCUT2D eigenvalue weighted by Crippen LogP contribution is 2.22. The Morgan fingerprint density at radius 2 is 1.75 bits per heavy atom. The summed E-state index contributed by atoms with van der Waals surface area (Å²) in [6.07, 6.45) is -0.626. The van der Waals surface area contributed by atoms with E-state index in [-0.39, 0.29) is 6.61 Å². The number of hydrogen-bond donors (Lipinski definition) is 1. The van der Waals surface area contributed by atoms with Crippen LogP contribution < -0.4 is 4.74 Å².